The summed E-state index contributed by atoms with van der Waals surface area (Å²) in [5.74, 6) is -0.299. The number of carbonyl (C=O) groups excluding carboxylic acids is 1. The summed E-state index contributed by atoms with van der Waals surface area (Å²) in [6.07, 6.45) is 5.45. The predicted molar refractivity (Wildman–Crippen MR) is 142 cm³/mol. The van der Waals surface area contributed by atoms with Gasteiger partial charge in [-0.2, -0.15) is 0 Å². The predicted octanol–water partition coefficient (Wildman–Crippen LogP) is 7.54. The average Bonchev–Trinajstić information content (AvgIpc) is 2.60. The van der Waals surface area contributed by atoms with Crippen LogP contribution >= 0.6 is 22.6 Å². The number of hydrogen-bond donors (Lipinski definition) is 0. The number of hydrogen-bond acceptors (Lipinski definition) is 4. The van der Waals surface area contributed by atoms with Gasteiger partial charge in [-0.05, 0) is 26.8 Å². The first-order chi connectivity index (χ1) is 13.8. The van der Waals surface area contributed by atoms with Crippen LogP contribution in [0.4, 0.5) is 0 Å². The molecule has 0 heterocycles. The summed E-state index contributed by atoms with van der Waals surface area (Å²) in [7, 11) is -3.14. The molecule has 0 saturated carbocycles. The van der Waals surface area contributed by atoms with Gasteiger partial charge < -0.3 is 13.9 Å². The van der Waals surface area contributed by atoms with E-state index in [0.717, 1.165) is 6.04 Å². The van der Waals surface area contributed by atoms with Gasteiger partial charge in [0.05, 0.1) is 6.10 Å². The molecule has 0 aliphatic carbocycles. The summed E-state index contributed by atoms with van der Waals surface area (Å²) in [6, 6.07) is 1.06. The van der Waals surface area contributed by atoms with E-state index >= 15 is 0 Å². The van der Waals surface area contributed by atoms with Crippen molar-refractivity contribution < 1.29 is 18.7 Å². The highest BCUT2D eigenvalue weighted by atomic mass is 127. The molecule has 0 aromatic rings. The van der Waals surface area contributed by atoms with Crippen molar-refractivity contribution in [1.82, 2.24) is 0 Å². The Bertz CT molecular complexity index is 532. The quantitative estimate of drug-likeness (QED) is 0.0542. The van der Waals surface area contributed by atoms with E-state index < -0.39 is 16.4 Å². The summed E-state index contributed by atoms with van der Waals surface area (Å²) in [5.41, 5.74) is 1.53. The Balaban J connectivity index is 4.99. The second-order valence-electron chi connectivity index (χ2n) is 10.2. The molecule has 0 rings (SSSR count). The van der Waals surface area contributed by atoms with Crippen molar-refractivity contribution in [2.75, 3.05) is 13.4 Å². The van der Waals surface area contributed by atoms with Crippen LogP contribution in [0.5, 0.6) is 0 Å². The second kappa shape index (κ2) is 14.2. The lowest BCUT2D eigenvalue weighted by molar-refractivity contribution is -0.149. The van der Waals surface area contributed by atoms with Crippen LogP contribution in [-0.4, -0.2) is 41.9 Å². The molecule has 30 heavy (non-hydrogen) atoms. The minimum atomic E-state index is -2.01. The van der Waals surface area contributed by atoms with Gasteiger partial charge in [-0.25, -0.2) is 4.79 Å². The molecule has 0 spiro atoms. The largest absolute Gasteiger partial charge is 0.435 e. The highest BCUT2D eigenvalue weighted by Crippen LogP contribution is 2.43. The number of halogens is 1. The molecule has 4 nitrogen and oxygen atoms in total. The molecule has 0 bridgehead atoms. The smallest absolute Gasteiger partial charge is 0.332 e. The fraction of sp³-hybridized carbons (Fsp3) is 0.783. The van der Waals surface area contributed by atoms with Crippen LogP contribution in [0.25, 0.3) is 0 Å². The van der Waals surface area contributed by atoms with Crippen LogP contribution in [0.3, 0.4) is 0 Å². The summed E-state index contributed by atoms with van der Waals surface area (Å²) in [5, 5.41) is 0. The maximum Gasteiger partial charge on any atom is 0.332 e. The summed E-state index contributed by atoms with van der Waals surface area (Å²) < 4.78 is 19.6. The van der Waals surface area contributed by atoms with Gasteiger partial charge in [-0.15, -0.1) is 0 Å². The third-order valence-corrected chi connectivity index (χ3v) is 13.9. The van der Waals surface area contributed by atoms with E-state index in [1.807, 2.05) is 10.2 Å². The van der Waals surface area contributed by atoms with E-state index in [1.165, 1.54) is 6.08 Å². The molecule has 7 heteroatoms. The van der Waals surface area contributed by atoms with E-state index in [4.69, 9.17) is 13.9 Å². The molecule has 2 atom stereocenters. The number of carbonyl (C=O) groups is 1. The minimum Gasteiger partial charge on any atom is -0.435 e. The lowest BCUT2D eigenvalue weighted by Crippen LogP contribution is -2.50. The molecule has 0 unspecified atom stereocenters. The van der Waals surface area contributed by atoms with Gasteiger partial charge in [-0.1, -0.05) is 103 Å². The molecule has 0 aliphatic rings. The molecule has 0 aromatic heterocycles. The van der Waals surface area contributed by atoms with E-state index in [-0.39, 0.29) is 24.8 Å². The lowest BCUT2D eigenvalue weighted by Gasteiger charge is -2.45. The van der Waals surface area contributed by atoms with Gasteiger partial charge in [0.15, 0.2) is 6.79 Å². The molecule has 176 valence electrons. The van der Waals surface area contributed by atoms with Gasteiger partial charge in [-0.3, -0.25) is 0 Å². The monoisotopic (exact) mass is 568 g/mol. The first-order valence-electron chi connectivity index (χ1n) is 11.1. The van der Waals surface area contributed by atoms with Crippen molar-refractivity contribution in [1.29, 1.82) is 0 Å². The fourth-order valence-electron chi connectivity index (χ4n) is 3.96. The maximum atomic E-state index is 12.1. The van der Waals surface area contributed by atoms with Gasteiger partial charge in [0, 0.05) is 26.7 Å². The third kappa shape index (κ3) is 10.6. The number of ether oxygens (including phenoxy) is 2. The van der Waals surface area contributed by atoms with E-state index in [1.54, 1.807) is 0 Å². The van der Waals surface area contributed by atoms with Crippen LogP contribution in [0.2, 0.25) is 42.3 Å². The van der Waals surface area contributed by atoms with E-state index in [0.29, 0.717) is 23.2 Å². The Kier molecular flexibility index (Phi) is 14.3. The lowest BCUT2D eigenvalue weighted by atomic mass is 10.0. The molecular weight excluding hydrogens is 523 g/mol. The van der Waals surface area contributed by atoms with Gasteiger partial charge in [0.2, 0.25) is 8.32 Å². The molecule has 0 saturated heterocycles. The molecule has 0 aromatic carbocycles. The normalized spacial score (nSPS) is 15.7. The highest BCUT2D eigenvalue weighted by Gasteiger charge is 2.46. The Morgan fingerprint density at radius 2 is 1.47 bits per heavy atom. The summed E-state index contributed by atoms with van der Waals surface area (Å²) >= 11 is 2.24. The number of esters is 1. The first-order valence-corrected chi connectivity index (χ1v) is 18.2. The molecule has 0 amide bonds. The first kappa shape index (κ1) is 30.0. The Labute approximate surface area is 201 Å². The molecule has 0 N–H and O–H groups in total. The second-order valence-corrected chi connectivity index (χ2v) is 22.0. The van der Waals surface area contributed by atoms with Gasteiger partial charge >= 0.3 is 5.97 Å². The average molecular weight is 569 g/mol. The molecular formula is C23H45IO4Si2. The van der Waals surface area contributed by atoms with Crippen molar-refractivity contribution in [3.8, 4) is 0 Å². The Hall–Kier alpha value is 0.0338. The van der Waals surface area contributed by atoms with Crippen molar-refractivity contribution in [2.45, 2.75) is 96.9 Å². The van der Waals surface area contributed by atoms with Gasteiger partial charge in [0.25, 0.3) is 0 Å². The van der Waals surface area contributed by atoms with Crippen molar-refractivity contribution in [3.05, 3.63) is 22.3 Å². The van der Waals surface area contributed by atoms with Crippen LogP contribution in [0.1, 0.15) is 48.5 Å². The van der Waals surface area contributed by atoms with E-state index in [2.05, 4.69) is 96.8 Å². The van der Waals surface area contributed by atoms with Crippen LogP contribution in [0, 0.1) is 5.92 Å². The zero-order valence-electron chi connectivity index (χ0n) is 20.8. The Morgan fingerprint density at radius 1 is 0.933 bits per heavy atom. The van der Waals surface area contributed by atoms with Crippen molar-refractivity contribution in [2.24, 2.45) is 5.92 Å². The Morgan fingerprint density at radius 3 is 1.90 bits per heavy atom. The van der Waals surface area contributed by atoms with Crippen LogP contribution in [-0.2, 0) is 18.7 Å². The zero-order chi connectivity index (χ0) is 23.5. The van der Waals surface area contributed by atoms with E-state index in [9.17, 15) is 4.79 Å². The molecule has 0 aliphatic heterocycles. The number of rotatable bonds is 14. The highest BCUT2D eigenvalue weighted by molar-refractivity contribution is 14.1. The van der Waals surface area contributed by atoms with Crippen molar-refractivity contribution in [3.63, 3.8) is 0 Å². The molecule has 0 radical (unpaired) electrons. The third-order valence-electron chi connectivity index (χ3n) is 5.64. The minimum absolute atomic E-state index is 0.0136. The standard InChI is InChI=1S/C23H45IO4Si2/c1-18(2)30(19(3)4,20(5)6)28-22(13-14-24)21(7)11-12-23(25)27-17-26-15-16-29(8,9)10/h11-14,18-22H,15-17H2,1-10H3/b12-11+,14-13+/t21-,22-/m0/s1. The maximum absolute atomic E-state index is 12.1. The van der Waals surface area contributed by atoms with Gasteiger partial charge in [0.1, 0.15) is 0 Å². The van der Waals surface area contributed by atoms with Crippen molar-refractivity contribution >= 4 is 45.0 Å². The topological polar surface area (TPSA) is 44.8 Å². The van der Waals surface area contributed by atoms with Crippen LogP contribution in [0.15, 0.2) is 22.3 Å². The zero-order valence-corrected chi connectivity index (χ0v) is 25.0. The summed E-state index contributed by atoms with van der Waals surface area (Å²) in [4.78, 5) is 12.1. The van der Waals surface area contributed by atoms with Crippen LogP contribution < -0.4 is 0 Å². The SMILES string of the molecule is CC(C)[Si](O[C@@H](/C=C/I)[C@@H](C)/C=C/C(=O)OCOCC[Si](C)(C)C)(C(C)C)C(C)C. The summed E-state index contributed by atoms with van der Waals surface area (Å²) in [6.45, 7) is 23.4. The fourth-order valence-corrected chi connectivity index (χ4v) is 10.7. The molecule has 0 fully saturated rings.